The first kappa shape index (κ1) is 6.60. The van der Waals surface area contributed by atoms with Gasteiger partial charge in [0.05, 0.1) is 6.04 Å². The van der Waals surface area contributed by atoms with Crippen LogP contribution in [-0.2, 0) is 0 Å². The van der Waals surface area contributed by atoms with Gasteiger partial charge in [0, 0.05) is 0 Å². The Morgan fingerprint density at radius 1 is 1.55 bits per heavy atom. The predicted molar refractivity (Wildman–Crippen MR) is 38.7 cm³/mol. The summed E-state index contributed by atoms with van der Waals surface area (Å²) in [7, 11) is 0. The van der Waals surface area contributed by atoms with Gasteiger partial charge in [0.2, 0.25) is 5.89 Å². The number of nitrogens with zero attached hydrogens (tertiary/aromatic N) is 2. The molecule has 0 unspecified atom stereocenters. The maximum Gasteiger partial charge on any atom is 0.312 e. The quantitative estimate of drug-likeness (QED) is 0.598. The van der Waals surface area contributed by atoms with Gasteiger partial charge in [-0.3, -0.25) is 0 Å². The molecule has 5 nitrogen and oxygen atoms in total. The van der Waals surface area contributed by atoms with Crippen LogP contribution in [0, 0.1) is 0 Å². The molecule has 0 amide bonds. The molecule has 0 spiro atoms. The molecule has 1 atom stereocenters. The molecule has 1 aromatic heterocycles. The molecule has 2 rings (SSSR count). The van der Waals surface area contributed by atoms with Crippen molar-refractivity contribution in [2.24, 2.45) is 0 Å². The van der Waals surface area contributed by atoms with E-state index in [2.05, 4.69) is 15.5 Å². The molecule has 11 heavy (non-hydrogen) atoms. The van der Waals surface area contributed by atoms with Crippen LogP contribution in [0.25, 0.3) is 0 Å². The second-order valence-electron chi connectivity index (χ2n) is 2.63. The van der Waals surface area contributed by atoms with E-state index in [-0.39, 0.29) is 12.1 Å². The highest BCUT2D eigenvalue weighted by Crippen LogP contribution is 2.21. The van der Waals surface area contributed by atoms with Gasteiger partial charge in [-0.1, -0.05) is 5.10 Å². The standard InChI is InChI=1S/C6H10N4O/c7-6-10-9-5(11-6)4-2-1-3-8-4/h4,8H,1-3H2,(H2,7,10)/t4-/m1/s1. The minimum Gasteiger partial charge on any atom is -0.407 e. The van der Waals surface area contributed by atoms with Gasteiger partial charge in [0.1, 0.15) is 0 Å². The number of nitrogens with two attached hydrogens (primary N) is 1. The highest BCUT2D eigenvalue weighted by molar-refractivity contribution is 5.07. The lowest BCUT2D eigenvalue weighted by molar-refractivity contribution is 0.440. The lowest BCUT2D eigenvalue weighted by Crippen LogP contribution is -2.12. The molecule has 60 valence electrons. The Balaban J connectivity index is 2.15. The molecule has 1 aromatic rings. The van der Waals surface area contributed by atoms with Gasteiger partial charge >= 0.3 is 6.01 Å². The molecule has 0 saturated carbocycles. The SMILES string of the molecule is Nc1nnc([C@H]2CCCN2)o1. The van der Waals surface area contributed by atoms with E-state index in [0.29, 0.717) is 5.89 Å². The van der Waals surface area contributed by atoms with Crippen molar-refractivity contribution < 1.29 is 4.42 Å². The largest absolute Gasteiger partial charge is 0.407 e. The molecule has 1 fully saturated rings. The van der Waals surface area contributed by atoms with Gasteiger partial charge in [-0.25, -0.2) is 0 Å². The fourth-order valence-electron chi connectivity index (χ4n) is 1.28. The minimum atomic E-state index is 0.147. The van der Waals surface area contributed by atoms with Crippen LogP contribution in [0.15, 0.2) is 4.42 Å². The number of hydrogen-bond donors (Lipinski definition) is 2. The molecule has 1 saturated heterocycles. The van der Waals surface area contributed by atoms with Crippen LogP contribution < -0.4 is 11.1 Å². The average molecular weight is 154 g/mol. The van der Waals surface area contributed by atoms with Gasteiger partial charge in [-0.15, -0.1) is 5.10 Å². The maximum absolute atomic E-state index is 5.28. The van der Waals surface area contributed by atoms with E-state index in [0.717, 1.165) is 19.4 Å². The lowest BCUT2D eigenvalue weighted by Gasteiger charge is -2.01. The Kier molecular flexibility index (Phi) is 1.50. The molecule has 2 heterocycles. The third kappa shape index (κ3) is 1.19. The molecular formula is C6H10N4O. The van der Waals surface area contributed by atoms with Gasteiger partial charge in [0.15, 0.2) is 0 Å². The number of nitrogens with one attached hydrogen (secondary N) is 1. The molecule has 0 radical (unpaired) electrons. The van der Waals surface area contributed by atoms with E-state index in [1.54, 1.807) is 0 Å². The van der Waals surface area contributed by atoms with E-state index in [1.807, 2.05) is 0 Å². The summed E-state index contributed by atoms with van der Waals surface area (Å²) >= 11 is 0. The van der Waals surface area contributed by atoms with E-state index in [9.17, 15) is 0 Å². The zero-order valence-electron chi connectivity index (χ0n) is 6.08. The number of nitrogen functional groups attached to an aromatic ring is 1. The Bertz CT molecular complexity index is 240. The van der Waals surface area contributed by atoms with Gasteiger partial charge in [0.25, 0.3) is 0 Å². The first-order valence-corrected chi connectivity index (χ1v) is 3.68. The third-order valence-corrected chi connectivity index (χ3v) is 1.81. The van der Waals surface area contributed by atoms with Crippen LogP contribution in [0.2, 0.25) is 0 Å². The van der Waals surface area contributed by atoms with E-state index in [4.69, 9.17) is 10.2 Å². The predicted octanol–water partition coefficient (Wildman–Crippen LogP) is 0.0763. The molecule has 0 aliphatic carbocycles. The summed E-state index contributed by atoms with van der Waals surface area (Å²) < 4.78 is 5.06. The summed E-state index contributed by atoms with van der Waals surface area (Å²) in [6.45, 7) is 1.02. The van der Waals surface area contributed by atoms with Crippen LogP contribution in [-0.4, -0.2) is 16.7 Å². The highest BCUT2D eigenvalue weighted by atomic mass is 16.4. The number of anilines is 1. The molecule has 1 aliphatic heterocycles. The Hall–Kier alpha value is -1.10. The minimum absolute atomic E-state index is 0.147. The molecule has 5 heteroatoms. The zero-order valence-corrected chi connectivity index (χ0v) is 6.08. The smallest absolute Gasteiger partial charge is 0.312 e. The summed E-state index contributed by atoms with van der Waals surface area (Å²) in [5, 5.41) is 10.6. The average Bonchev–Trinajstić information content (AvgIpc) is 2.55. The van der Waals surface area contributed by atoms with Crippen molar-refractivity contribution in [1.29, 1.82) is 0 Å². The summed E-state index contributed by atoms with van der Waals surface area (Å²) in [5.74, 6) is 0.611. The van der Waals surface area contributed by atoms with Gasteiger partial charge < -0.3 is 15.5 Å². The third-order valence-electron chi connectivity index (χ3n) is 1.81. The maximum atomic E-state index is 5.28. The van der Waals surface area contributed by atoms with E-state index >= 15 is 0 Å². The van der Waals surface area contributed by atoms with Crippen molar-refractivity contribution in [2.45, 2.75) is 18.9 Å². The van der Waals surface area contributed by atoms with Crippen LogP contribution in [0.5, 0.6) is 0 Å². The van der Waals surface area contributed by atoms with Crippen molar-refractivity contribution in [2.75, 3.05) is 12.3 Å². The fourth-order valence-corrected chi connectivity index (χ4v) is 1.28. The summed E-state index contributed by atoms with van der Waals surface area (Å²) in [6, 6.07) is 0.369. The number of rotatable bonds is 1. The topological polar surface area (TPSA) is 77.0 Å². The Morgan fingerprint density at radius 2 is 2.45 bits per heavy atom. The van der Waals surface area contributed by atoms with Crippen molar-refractivity contribution >= 4 is 6.01 Å². The summed E-state index contributed by atoms with van der Waals surface area (Å²) in [5.41, 5.74) is 5.28. The van der Waals surface area contributed by atoms with Gasteiger partial charge in [-0.2, -0.15) is 0 Å². The molecular weight excluding hydrogens is 144 g/mol. The summed E-state index contributed by atoms with van der Waals surface area (Å²) in [4.78, 5) is 0. The number of aromatic nitrogens is 2. The molecule has 1 aliphatic rings. The van der Waals surface area contributed by atoms with Crippen LogP contribution >= 0.6 is 0 Å². The first-order valence-electron chi connectivity index (χ1n) is 3.68. The van der Waals surface area contributed by atoms with Gasteiger partial charge in [-0.05, 0) is 19.4 Å². The van der Waals surface area contributed by atoms with Crippen molar-refractivity contribution in [3.05, 3.63) is 5.89 Å². The monoisotopic (exact) mass is 154 g/mol. The van der Waals surface area contributed by atoms with Crippen LogP contribution in [0.3, 0.4) is 0 Å². The second-order valence-corrected chi connectivity index (χ2v) is 2.63. The fraction of sp³-hybridized carbons (Fsp3) is 0.667. The molecule has 0 bridgehead atoms. The van der Waals surface area contributed by atoms with Crippen molar-refractivity contribution in [1.82, 2.24) is 15.5 Å². The second kappa shape index (κ2) is 2.50. The lowest BCUT2D eigenvalue weighted by atomic mass is 10.2. The van der Waals surface area contributed by atoms with E-state index < -0.39 is 0 Å². The molecule has 3 N–H and O–H groups in total. The van der Waals surface area contributed by atoms with E-state index in [1.165, 1.54) is 0 Å². The zero-order chi connectivity index (χ0) is 7.68. The molecule has 0 aromatic carbocycles. The summed E-state index contributed by atoms with van der Waals surface area (Å²) in [6.07, 6.45) is 2.22. The Morgan fingerprint density at radius 3 is 3.00 bits per heavy atom. The highest BCUT2D eigenvalue weighted by Gasteiger charge is 2.21. The van der Waals surface area contributed by atoms with Crippen LogP contribution in [0.4, 0.5) is 6.01 Å². The normalized spacial score (nSPS) is 24.2. The first-order chi connectivity index (χ1) is 5.36. The van der Waals surface area contributed by atoms with Crippen molar-refractivity contribution in [3.63, 3.8) is 0 Å². The Labute approximate surface area is 64.0 Å². The van der Waals surface area contributed by atoms with Crippen molar-refractivity contribution in [3.8, 4) is 0 Å². The van der Waals surface area contributed by atoms with Crippen LogP contribution in [0.1, 0.15) is 24.8 Å². The number of hydrogen-bond acceptors (Lipinski definition) is 5.